The highest BCUT2D eigenvalue weighted by Gasteiger charge is 2.35. The van der Waals surface area contributed by atoms with Gasteiger partial charge in [0.05, 0.1) is 28.9 Å². The molecule has 136 valence electrons. The smallest absolute Gasteiger partial charge is 0.417 e. The zero-order valence-electron chi connectivity index (χ0n) is 13.3. The molecule has 2 heterocycles. The molecule has 2 rings (SSSR count). The SMILES string of the molecule is CCOC(=O)c1ccncc1C(=O)NC(=O)c1cnccc1C(F)(F)F. The number of hydrogen-bond donors (Lipinski definition) is 1. The van der Waals surface area contributed by atoms with Crippen LogP contribution in [0.5, 0.6) is 0 Å². The molecule has 0 saturated carbocycles. The molecule has 2 amide bonds. The van der Waals surface area contributed by atoms with Gasteiger partial charge in [-0.05, 0) is 19.1 Å². The first kappa shape index (κ1) is 19.0. The quantitative estimate of drug-likeness (QED) is 0.657. The lowest BCUT2D eigenvalue weighted by atomic mass is 10.1. The molecule has 0 aliphatic rings. The van der Waals surface area contributed by atoms with Gasteiger partial charge in [0, 0.05) is 24.8 Å². The van der Waals surface area contributed by atoms with E-state index in [1.54, 1.807) is 12.2 Å². The Morgan fingerprint density at radius 3 is 2.19 bits per heavy atom. The van der Waals surface area contributed by atoms with Crippen LogP contribution in [0.15, 0.2) is 36.9 Å². The van der Waals surface area contributed by atoms with E-state index in [2.05, 4.69) is 9.97 Å². The van der Waals surface area contributed by atoms with E-state index in [0.29, 0.717) is 12.3 Å². The van der Waals surface area contributed by atoms with Crippen molar-refractivity contribution in [2.75, 3.05) is 6.61 Å². The van der Waals surface area contributed by atoms with Gasteiger partial charge in [-0.3, -0.25) is 24.9 Å². The van der Waals surface area contributed by atoms with Gasteiger partial charge in [0.2, 0.25) is 0 Å². The van der Waals surface area contributed by atoms with E-state index in [-0.39, 0.29) is 17.7 Å². The number of carbonyl (C=O) groups excluding carboxylic acids is 3. The first-order valence-corrected chi connectivity index (χ1v) is 7.23. The molecule has 0 aromatic carbocycles. The summed E-state index contributed by atoms with van der Waals surface area (Å²) in [6, 6.07) is 1.82. The maximum Gasteiger partial charge on any atom is 0.417 e. The maximum atomic E-state index is 13.0. The van der Waals surface area contributed by atoms with E-state index in [1.807, 2.05) is 0 Å². The molecule has 0 saturated heterocycles. The monoisotopic (exact) mass is 367 g/mol. The van der Waals surface area contributed by atoms with Gasteiger partial charge in [0.15, 0.2) is 0 Å². The molecule has 0 atom stereocenters. The Balaban J connectivity index is 2.30. The van der Waals surface area contributed by atoms with Crippen LogP contribution < -0.4 is 5.32 Å². The Bertz CT molecular complexity index is 853. The first-order chi connectivity index (χ1) is 12.3. The summed E-state index contributed by atoms with van der Waals surface area (Å²) in [5.74, 6) is -3.23. The number of halogens is 3. The normalized spacial score (nSPS) is 10.9. The summed E-state index contributed by atoms with van der Waals surface area (Å²) >= 11 is 0. The van der Waals surface area contributed by atoms with Crippen LogP contribution in [0.3, 0.4) is 0 Å². The topological polar surface area (TPSA) is 98.2 Å². The number of ether oxygens (including phenoxy) is 1. The molecule has 7 nitrogen and oxygen atoms in total. The van der Waals surface area contributed by atoms with Crippen LogP contribution in [-0.2, 0) is 10.9 Å². The number of nitrogens with zero attached hydrogens (tertiary/aromatic N) is 2. The fourth-order valence-electron chi connectivity index (χ4n) is 2.02. The van der Waals surface area contributed by atoms with Crippen LogP contribution >= 0.6 is 0 Å². The van der Waals surface area contributed by atoms with Crippen molar-refractivity contribution < 1.29 is 32.3 Å². The number of alkyl halides is 3. The summed E-state index contributed by atoms with van der Waals surface area (Å²) in [6.45, 7) is 1.61. The molecular formula is C16H12F3N3O4. The summed E-state index contributed by atoms with van der Waals surface area (Å²) in [4.78, 5) is 43.3. The minimum absolute atomic E-state index is 0.0474. The molecule has 10 heteroatoms. The van der Waals surface area contributed by atoms with Gasteiger partial charge >= 0.3 is 12.1 Å². The molecular weight excluding hydrogens is 355 g/mol. The van der Waals surface area contributed by atoms with Crippen molar-refractivity contribution in [3.8, 4) is 0 Å². The minimum atomic E-state index is -4.80. The zero-order chi connectivity index (χ0) is 19.3. The minimum Gasteiger partial charge on any atom is -0.462 e. The predicted molar refractivity (Wildman–Crippen MR) is 81.2 cm³/mol. The summed E-state index contributed by atoms with van der Waals surface area (Å²) in [5.41, 5.74) is -2.55. The number of rotatable bonds is 4. The molecule has 0 unspecified atom stereocenters. The molecule has 0 aliphatic carbocycles. The predicted octanol–water partition coefficient (Wildman–Crippen LogP) is 2.24. The molecule has 0 spiro atoms. The van der Waals surface area contributed by atoms with Crippen LogP contribution in [0.1, 0.15) is 43.6 Å². The summed E-state index contributed by atoms with van der Waals surface area (Å²) in [6.07, 6.45) is -0.998. The molecule has 2 aromatic heterocycles. The van der Waals surface area contributed by atoms with Gasteiger partial charge in [0.1, 0.15) is 0 Å². The second-order valence-corrected chi connectivity index (χ2v) is 4.84. The van der Waals surface area contributed by atoms with Gasteiger partial charge in [-0.15, -0.1) is 0 Å². The highest BCUT2D eigenvalue weighted by molar-refractivity contribution is 6.14. The number of pyridine rings is 2. The number of aromatic nitrogens is 2. The van der Waals surface area contributed by atoms with E-state index in [9.17, 15) is 27.6 Å². The van der Waals surface area contributed by atoms with Crippen molar-refractivity contribution in [3.05, 3.63) is 59.2 Å². The van der Waals surface area contributed by atoms with Gasteiger partial charge < -0.3 is 4.74 Å². The Hall–Kier alpha value is -3.30. The van der Waals surface area contributed by atoms with Crippen LogP contribution in [0.25, 0.3) is 0 Å². The van der Waals surface area contributed by atoms with Gasteiger partial charge in [0.25, 0.3) is 11.8 Å². The average molecular weight is 367 g/mol. The van der Waals surface area contributed by atoms with E-state index in [0.717, 1.165) is 12.4 Å². The molecule has 1 N–H and O–H groups in total. The Morgan fingerprint density at radius 1 is 1.00 bits per heavy atom. The maximum absolute atomic E-state index is 13.0. The molecule has 0 bridgehead atoms. The summed E-state index contributed by atoms with van der Waals surface area (Å²) < 4.78 is 43.7. The van der Waals surface area contributed by atoms with Crippen LogP contribution in [0.4, 0.5) is 13.2 Å². The lowest BCUT2D eigenvalue weighted by Gasteiger charge is -2.12. The number of imide groups is 1. The molecule has 2 aromatic rings. The highest BCUT2D eigenvalue weighted by atomic mass is 19.4. The van der Waals surface area contributed by atoms with Crippen molar-refractivity contribution in [1.29, 1.82) is 0 Å². The lowest BCUT2D eigenvalue weighted by Crippen LogP contribution is -2.33. The van der Waals surface area contributed by atoms with E-state index in [4.69, 9.17) is 4.74 Å². The van der Waals surface area contributed by atoms with Crippen molar-refractivity contribution >= 4 is 17.8 Å². The van der Waals surface area contributed by atoms with E-state index >= 15 is 0 Å². The molecule has 26 heavy (non-hydrogen) atoms. The Kier molecular flexibility index (Phi) is 5.65. The van der Waals surface area contributed by atoms with Crippen LogP contribution in [0, 0.1) is 0 Å². The molecule has 0 radical (unpaired) electrons. The van der Waals surface area contributed by atoms with Crippen LogP contribution in [-0.4, -0.2) is 34.4 Å². The Morgan fingerprint density at radius 2 is 1.58 bits per heavy atom. The van der Waals surface area contributed by atoms with Gasteiger partial charge in [-0.1, -0.05) is 0 Å². The third-order valence-corrected chi connectivity index (χ3v) is 3.16. The second-order valence-electron chi connectivity index (χ2n) is 4.84. The fourth-order valence-corrected chi connectivity index (χ4v) is 2.02. The average Bonchev–Trinajstić information content (AvgIpc) is 2.61. The van der Waals surface area contributed by atoms with Crippen molar-refractivity contribution in [1.82, 2.24) is 15.3 Å². The highest BCUT2D eigenvalue weighted by Crippen LogP contribution is 2.31. The lowest BCUT2D eigenvalue weighted by molar-refractivity contribution is -0.138. The Labute approximate surface area is 145 Å². The molecule has 0 aliphatic heterocycles. The molecule has 0 fully saturated rings. The number of amides is 2. The van der Waals surface area contributed by atoms with Gasteiger partial charge in [-0.25, -0.2) is 4.79 Å². The third-order valence-electron chi connectivity index (χ3n) is 3.16. The third kappa shape index (κ3) is 4.21. The second kappa shape index (κ2) is 7.72. The van der Waals surface area contributed by atoms with Crippen molar-refractivity contribution in [2.24, 2.45) is 0 Å². The zero-order valence-corrected chi connectivity index (χ0v) is 13.3. The van der Waals surface area contributed by atoms with Crippen molar-refractivity contribution in [2.45, 2.75) is 13.1 Å². The van der Waals surface area contributed by atoms with E-state index < -0.39 is 35.1 Å². The number of esters is 1. The largest absolute Gasteiger partial charge is 0.462 e. The number of nitrogens with one attached hydrogen (secondary N) is 1. The summed E-state index contributed by atoms with van der Waals surface area (Å²) in [5, 5.41) is 1.80. The number of hydrogen-bond acceptors (Lipinski definition) is 6. The standard InChI is InChI=1S/C16H12F3N3O4/c1-2-26-15(25)9-3-5-20-7-10(9)13(23)22-14(24)11-8-21-6-4-12(11)16(17,18)19/h3-8H,2H2,1H3,(H,22,23,24). The van der Waals surface area contributed by atoms with Crippen molar-refractivity contribution in [3.63, 3.8) is 0 Å². The summed E-state index contributed by atoms with van der Waals surface area (Å²) in [7, 11) is 0. The van der Waals surface area contributed by atoms with Gasteiger partial charge in [-0.2, -0.15) is 13.2 Å². The van der Waals surface area contributed by atoms with Crippen LogP contribution in [0.2, 0.25) is 0 Å². The van der Waals surface area contributed by atoms with E-state index in [1.165, 1.54) is 12.3 Å². The fraction of sp³-hybridized carbons (Fsp3) is 0.188. The number of carbonyl (C=O) groups is 3. The first-order valence-electron chi connectivity index (χ1n) is 7.23.